The molecule has 2 aromatic rings. The molecule has 0 aliphatic heterocycles. The number of alkyl carbamates (subject to hydrolysis) is 1. The average Bonchev–Trinajstić information content (AvgIpc) is 3.55. The van der Waals surface area contributed by atoms with Crippen molar-refractivity contribution in [3.05, 3.63) is 59.7 Å². The molecule has 2 aromatic carbocycles. The lowest BCUT2D eigenvalue weighted by atomic mass is 9.84. The maximum Gasteiger partial charge on any atom is 0.407 e. The third kappa shape index (κ3) is 4.28. The summed E-state index contributed by atoms with van der Waals surface area (Å²) in [6, 6.07) is 15.7. The minimum Gasteiger partial charge on any atom is -0.481 e. The molecule has 3 aliphatic rings. The summed E-state index contributed by atoms with van der Waals surface area (Å²) in [6.45, 7) is 1.93. The van der Waals surface area contributed by atoms with E-state index in [0.717, 1.165) is 24.0 Å². The molecular weight excluding hydrogens is 444 g/mol. The molecule has 4 atom stereocenters. The number of ether oxygens (including phenoxy) is 1. The van der Waals surface area contributed by atoms with Crippen LogP contribution in [0, 0.1) is 11.3 Å². The minimum atomic E-state index is -0.940. The van der Waals surface area contributed by atoms with Crippen LogP contribution < -0.4 is 10.6 Å². The van der Waals surface area contributed by atoms with Crippen molar-refractivity contribution < 1.29 is 24.2 Å². The highest BCUT2D eigenvalue weighted by atomic mass is 16.5. The summed E-state index contributed by atoms with van der Waals surface area (Å²) in [5, 5.41) is 15.5. The van der Waals surface area contributed by atoms with E-state index >= 15 is 0 Å². The van der Waals surface area contributed by atoms with Crippen LogP contribution in [-0.2, 0) is 14.3 Å². The Morgan fingerprint density at radius 3 is 2.26 bits per heavy atom. The summed E-state index contributed by atoms with van der Waals surface area (Å²) in [5.74, 6) is -1.45. The SMILES string of the molecule is CC1(C(=O)O)CCCC1NC(=O)C1CCCC1NC(=O)OCC1c2ccccc2-c2ccccc21. The summed E-state index contributed by atoms with van der Waals surface area (Å²) in [6.07, 6.45) is 3.66. The number of carboxylic acid groups (broad SMARTS) is 1. The number of hydrogen-bond donors (Lipinski definition) is 3. The smallest absolute Gasteiger partial charge is 0.407 e. The van der Waals surface area contributed by atoms with E-state index in [2.05, 4.69) is 34.9 Å². The molecule has 35 heavy (non-hydrogen) atoms. The second kappa shape index (κ2) is 9.36. The molecule has 5 rings (SSSR count). The molecule has 2 amide bonds. The van der Waals surface area contributed by atoms with E-state index in [0.29, 0.717) is 25.7 Å². The first-order valence-electron chi connectivity index (χ1n) is 12.5. The molecule has 7 heteroatoms. The number of hydrogen-bond acceptors (Lipinski definition) is 4. The fourth-order valence-electron chi connectivity index (χ4n) is 6.17. The van der Waals surface area contributed by atoms with Crippen LogP contribution >= 0.6 is 0 Å². The van der Waals surface area contributed by atoms with Gasteiger partial charge in [0.2, 0.25) is 5.91 Å². The van der Waals surface area contributed by atoms with Crippen LogP contribution in [-0.4, -0.2) is 41.8 Å². The Balaban J connectivity index is 1.20. The van der Waals surface area contributed by atoms with Crippen LogP contribution in [0.2, 0.25) is 0 Å². The lowest BCUT2D eigenvalue weighted by Crippen LogP contribution is -2.51. The third-order valence-electron chi connectivity index (χ3n) is 8.26. The molecule has 0 spiro atoms. The normalized spacial score (nSPS) is 27.2. The van der Waals surface area contributed by atoms with E-state index < -0.39 is 17.5 Å². The number of carbonyl (C=O) groups is 3. The maximum absolute atomic E-state index is 13.0. The van der Waals surface area contributed by atoms with E-state index in [1.807, 2.05) is 24.3 Å². The van der Waals surface area contributed by atoms with Crippen molar-refractivity contribution in [3.63, 3.8) is 0 Å². The zero-order chi connectivity index (χ0) is 24.6. The first-order valence-corrected chi connectivity index (χ1v) is 12.5. The molecule has 2 saturated carbocycles. The van der Waals surface area contributed by atoms with Crippen LogP contribution in [0.1, 0.15) is 62.5 Å². The van der Waals surface area contributed by atoms with Gasteiger partial charge >= 0.3 is 12.1 Å². The van der Waals surface area contributed by atoms with Gasteiger partial charge in [0, 0.05) is 18.0 Å². The van der Waals surface area contributed by atoms with Crippen LogP contribution in [0.15, 0.2) is 48.5 Å². The minimum absolute atomic E-state index is 0.0214. The van der Waals surface area contributed by atoms with Gasteiger partial charge in [0.15, 0.2) is 0 Å². The van der Waals surface area contributed by atoms with Crippen molar-refractivity contribution in [3.8, 4) is 11.1 Å². The van der Waals surface area contributed by atoms with Gasteiger partial charge < -0.3 is 20.5 Å². The van der Waals surface area contributed by atoms with Gasteiger partial charge in [-0.2, -0.15) is 0 Å². The second-order valence-electron chi connectivity index (χ2n) is 10.3. The van der Waals surface area contributed by atoms with Crippen molar-refractivity contribution >= 4 is 18.0 Å². The Bertz CT molecular complexity index is 1100. The Morgan fingerprint density at radius 1 is 0.943 bits per heavy atom. The van der Waals surface area contributed by atoms with Crippen molar-refractivity contribution in [1.29, 1.82) is 0 Å². The van der Waals surface area contributed by atoms with Gasteiger partial charge in [-0.25, -0.2) is 4.79 Å². The summed E-state index contributed by atoms with van der Waals surface area (Å²) in [5.41, 5.74) is 3.70. The molecule has 2 fully saturated rings. The molecule has 3 aliphatic carbocycles. The van der Waals surface area contributed by atoms with Gasteiger partial charge in [-0.05, 0) is 54.9 Å². The number of nitrogens with one attached hydrogen (secondary N) is 2. The second-order valence-corrected chi connectivity index (χ2v) is 10.3. The van der Waals surface area contributed by atoms with Gasteiger partial charge in [-0.3, -0.25) is 9.59 Å². The largest absolute Gasteiger partial charge is 0.481 e. The lowest BCUT2D eigenvalue weighted by molar-refractivity contribution is -0.149. The van der Waals surface area contributed by atoms with Crippen LogP contribution in [0.5, 0.6) is 0 Å². The molecule has 0 saturated heterocycles. The van der Waals surface area contributed by atoms with Crippen LogP contribution in [0.4, 0.5) is 4.79 Å². The van der Waals surface area contributed by atoms with Crippen LogP contribution in [0.3, 0.4) is 0 Å². The van der Waals surface area contributed by atoms with Crippen LogP contribution in [0.25, 0.3) is 11.1 Å². The molecule has 4 unspecified atom stereocenters. The topological polar surface area (TPSA) is 105 Å². The fourth-order valence-corrected chi connectivity index (χ4v) is 6.17. The molecule has 0 aromatic heterocycles. The highest BCUT2D eigenvalue weighted by Gasteiger charge is 2.47. The number of aliphatic carboxylic acids is 1. The monoisotopic (exact) mass is 476 g/mol. The predicted octanol–water partition coefficient (Wildman–Crippen LogP) is 4.45. The Kier molecular flexibility index (Phi) is 6.26. The number of amides is 2. The van der Waals surface area contributed by atoms with Gasteiger partial charge in [0.1, 0.15) is 6.61 Å². The Morgan fingerprint density at radius 2 is 1.60 bits per heavy atom. The number of carbonyl (C=O) groups excluding carboxylic acids is 2. The summed E-state index contributed by atoms with van der Waals surface area (Å²) in [4.78, 5) is 37.5. The van der Waals surface area contributed by atoms with E-state index in [1.165, 1.54) is 11.1 Å². The molecular formula is C28H32N2O5. The lowest BCUT2D eigenvalue weighted by Gasteiger charge is -2.30. The molecule has 0 radical (unpaired) electrons. The van der Waals surface area contributed by atoms with Crippen molar-refractivity contribution in [2.24, 2.45) is 11.3 Å². The van der Waals surface area contributed by atoms with Crippen molar-refractivity contribution in [2.75, 3.05) is 6.61 Å². The van der Waals surface area contributed by atoms with Crippen molar-refractivity contribution in [1.82, 2.24) is 10.6 Å². The van der Waals surface area contributed by atoms with Gasteiger partial charge in [0.25, 0.3) is 0 Å². The zero-order valence-corrected chi connectivity index (χ0v) is 20.0. The zero-order valence-electron chi connectivity index (χ0n) is 20.0. The summed E-state index contributed by atoms with van der Waals surface area (Å²) >= 11 is 0. The number of rotatable bonds is 6. The molecule has 0 heterocycles. The van der Waals surface area contributed by atoms with Gasteiger partial charge in [-0.15, -0.1) is 0 Å². The van der Waals surface area contributed by atoms with E-state index in [1.54, 1.807) is 6.92 Å². The number of benzene rings is 2. The van der Waals surface area contributed by atoms with E-state index in [-0.39, 0.29) is 36.4 Å². The molecule has 7 nitrogen and oxygen atoms in total. The van der Waals surface area contributed by atoms with E-state index in [9.17, 15) is 19.5 Å². The fraction of sp³-hybridized carbons (Fsp3) is 0.464. The number of fused-ring (bicyclic) bond motifs is 3. The standard InChI is InChI=1S/C28H32N2O5/c1-28(26(32)33)15-7-14-24(28)30-25(31)21-12-6-13-23(21)29-27(34)35-16-22-19-10-4-2-8-17(19)18-9-3-5-11-20(18)22/h2-5,8-11,21-24H,6-7,12-16H2,1H3,(H,29,34)(H,30,31)(H,32,33). The number of carboxylic acids is 1. The Hall–Kier alpha value is -3.35. The summed E-state index contributed by atoms with van der Waals surface area (Å²) in [7, 11) is 0. The quantitative estimate of drug-likeness (QED) is 0.571. The average molecular weight is 477 g/mol. The van der Waals surface area contributed by atoms with E-state index in [4.69, 9.17) is 4.74 Å². The Labute approximate surface area is 205 Å². The third-order valence-corrected chi connectivity index (χ3v) is 8.26. The van der Waals surface area contributed by atoms with Gasteiger partial charge in [-0.1, -0.05) is 61.4 Å². The molecule has 0 bridgehead atoms. The molecule has 3 N–H and O–H groups in total. The maximum atomic E-state index is 13.0. The highest BCUT2D eigenvalue weighted by molar-refractivity contribution is 5.83. The first kappa shape index (κ1) is 23.4. The van der Waals surface area contributed by atoms with Crippen molar-refractivity contribution in [2.45, 2.75) is 63.5 Å². The first-order chi connectivity index (χ1) is 16.9. The highest BCUT2D eigenvalue weighted by Crippen LogP contribution is 2.44. The summed E-state index contributed by atoms with van der Waals surface area (Å²) < 4.78 is 5.67. The predicted molar refractivity (Wildman–Crippen MR) is 131 cm³/mol. The molecule has 184 valence electrons. The van der Waals surface area contributed by atoms with Gasteiger partial charge in [0.05, 0.1) is 11.3 Å².